The Balaban J connectivity index is 1.91. The van der Waals surface area contributed by atoms with Gasteiger partial charge in [-0.15, -0.1) is 0 Å². The quantitative estimate of drug-likeness (QED) is 0.867. The minimum absolute atomic E-state index is 0.215. The Morgan fingerprint density at radius 1 is 1.50 bits per heavy atom. The van der Waals surface area contributed by atoms with Gasteiger partial charge in [0, 0.05) is 13.1 Å². The summed E-state index contributed by atoms with van der Waals surface area (Å²) in [7, 11) is 0. The summed E-state index contributed by atoms with van der Waals surface area (Å²) in [6.07, 6.45) is 5.93. The molecule has 1 atom stereocenters. The predicted octanol–water partition coefficient (Wildman–Crippen LogP) is 1.15. The smallest absolute Gasteiger partial charge is 0.346 e. The summed E-state index contributed by atoms with van der Waals surface area (Å²) in [5.41, 5.74) is 6.87. The van der Waals surface area contributed by atoms with E-state index in [-0.39, 0.29) is 12.1 Å². The van der Waals surface area contributed by atoms with E-state index in [9.17, 15) is 4.79 Å². The largest absolute Gasteiger partial charge is 0.385 e. The van der Waals surface area contributed by atoms with Crippen molar-refractivity contribution in [2.24, 2.45) is 16.6 Å². The van der Waals surface area contributed by atoms with Gasteiger partial charge >= 0.3 is 6.03 Å². The second kappa shape index (κ2) is 4.12. The third-order valence-corrected chi connectivity index (χ3v) is 3.58. The number of aryl methyl sites for hydroxylation is 1. The van der Waals surface area contributed by atoms with Crippen LogP contribution in [0.4, 0.5) is 4.79 Å². The molecule has 0 aromatic carbocycles. The highest BCUT2D eigenvalue weighted by Crippen LogP contribution is 2.35. The van der Waals surface area contributed by atoms with E-state index < -0.39 is 0 Å². The van der Waals surface area contributed by atoms with Gasteiger partial charge in [-0.3, -0.25) is 0 Å². The fraction of sp³-hybridized carbons (Fsp3) is 0.583. The van der Waals surface area contributed by atoms with Crippen LogP contribution in [0.25, 0.3) is 0 Å². The number of hydrogen-bond donors (Lipinski definition) is 1. The van der Waals surface area contributed by atoms with E-state index in [0.29, 0.717) is 11.8 Å². The molecule has 2 N–H and O–H groups in total. The molecule has 1 aromatic heterocycles. The van der Waals surface area contributed by atoms with Gasteiger partial charge < -0.3 is 15.2 Å². The van der Waals surface area contributed by atoms with Crippen LogP contribution in [-0.2, 0) is 6.54 Å². The van der Waals surface area contributed by atoms with E-state index in [1.165, 1.54) is 12.8 Å². The number of amides is 2. The van der Waals surface area contributed by atoms with Crippen molar-refractivity contribution >= 4 is 11.9 Å². The molecule has 18 heavy (non-hydrogen) atoms. The first kappa shape index (κ1) is 11.3. The van der Waals surface area contributed by atoms with Crippen LogP contribution >= 0.6 is 0 Å². The Morgan fingerprint density at radius 3 is 2.94 bits per heavy atom. The van der Waals surface area contributed by atoms with Gasteiger partial charge in [0.15, 0.2) is 0 Å². The normalized spacial score (nSPS) is 23.6. The summed E-state index contributed by atoms with van der Waals surface area (Å²) >= 11 is 0. The van der Waals surface area contributed by atoms with Gasteiger partial charge in [-0.05, 0) is 25.7 Å². The van der Waals surface area contributed by atoms with Crippen molar-refractivity contribution < 1.29 is 4.79 Å². The Kier molecular flexibility index (Phi) is 2.57. The molecule has 1 unspecified atom stereocenters. The van der Waals surface area contributed by atoms with Crippen LogP contribution in [0.2, 0.25) is 0 Å². The molecule has 1 fully saturated rings. The van der Waals surface area contributed by atoms with Crippen LogP contribution in [0.1, 0.15) is 31.5 Å². The first-order valence-electron chi connectivity index (χ1n) is 6.35. The zero-order valence-electron chi connectivity index (χ0n) is 10.4. The molecule has 6 heteroatoms. The van der Waals surface area contributed by atoms with Gasteiger partial charge in [0.25, 0.3) is 0 Å². The maximum absolute atomic E-state index is 11.9. The summed E-state index contributed by atoms with van der Waals surface area (Å²) in [6, 6.07) is -0.450. The Hall–Kier alpha value is -1.85. The van der Waals surface area contributed by atoms with Crippen LogP contribution in [0.5, 0.6) is 0 Å². The number of nitrogens with two attached hydrogens (primary N) is 1. The fourth-order valence-electron chi connectivity index (χ4n) is 2.40. The van der Waals surface area contributed by atoms with E-state index in [0.717, 1.165) is 18.8 Å². The van der Waals surface area contributed by atoms with Crippen LogP contribution in [-0.4, -0.2) is 32.9 Å². The maximum Gasteiger partial charge on any atom is 0.346 e. The minimum atomic E-state index is -0.236. The lowest BCUT2D eigenvalue weighted by atomic mass is 10.1. The lowest BCUT2D eigenvalue weighted by Crippen LogP contribution is -2.36. The number of aromatic nitrogens is 2. The van der Waals surface area contributed by atoms with Gasteiger partial charge in [-0.1, -0.05) is 0 Å². The Labute approximate surface area is 105 Å². The van der Waals surface area contributed by atoms with Crippen molar-refractivity contribution in [2.75, 3.05) is 6.54 Å². The summed E-state index contributed by atoms with van der Waals surface area (Å²) in [4.78, 5) is 21.7. The van der Waals surface area contributed by atoms with Gasteiger partial charge in [0.1, 0.15) is 11.9 Å². The van der Waals surface area contributed by atoms with E-state index >= 15 is 0 Å². The van der Waals surface area contributed by atoms with Crippen molar-refractivity contribution in [3.63, 3.8) is 0 Å². The van der Waals surface area contributed by atoms with Crippen molar-refractivity contribution in [2.45, 2.75) is 32.4 Å². The van der Waals surface area contributed by atoms with Crippen LogP contribution in [0, 0.1) is 5.92 Å². The average Bonchev–Trinajstić information content (AvgIpc) is 2.96. The summed E-state index contributed by atoms with van der Waals surface area (Å²) in [5, 5.41) is 0. The summed E-state index contributed by atoms with van der Waals surface area (Å²) < 4.78 is 2.01. The second-order valence-corrected chi connectivity index (χ2v) is 4.92. The number of urea groups is 1. The van der Waals surface area contributed by atoms with Gasteiger partial charge in [-0.25, -0.2) is 9.78 Å². The first-order valence-corrected chi connectivity index (χ1v) is 6.35. The summed E-state index contributed by atoms with van der Waals surface area (Å²) in [5.74, 6) is 1.01. The summed E-state index contributed by atoms with van der Waals surface area (Å²) in [6.45, 7) is 3.60. The van der Waals surface area contributed by atoms with Gasteiger partial charge in [0.2, 0.25) is 0 Å². The molecule has 0 radical (unpaired) electrons. The molecule has 3 rings (SSSR count). The van der Waals surface area contributed by atoms with E-state index in [1.54, 1.807) is 17.4 Å². The molecule has 1 aliphatic carbocycles. The standard InChI is InChI=1S/C12H17N5O/c1-2-16-7-14-5-9(16)10-11(13)15-12(18)17(10)6-8-3-4-8/h5,7-8,10H,2-4,6H2,1H3,(H2,13,15,18). The lowest BCUT2D eigenvalue weighted by molar-refractivity contribution is 0.202. The zero-order valence-corrected chi connectivity index (χ0v) is 10.4. The van der Waals surface area contributed by atoms with E-state index in [4.69, 9.17) is 5.73 Å². The predicted molar refractivity (Wildman–Crippen MR) is 67.1 cm³/mol. The number of carbonyl (C=O) groups excluding carboxylic acids is 1. The highest BCUT2D eigenvalue weighted by Gasteiger charge is 2.39. The highest BCUT2D eigenvalue weighted by molar-refractivity contribution is 6.03. The molecule has 1 aliphatic heterocycles. The van der Waals surface area contributed by atoms with Crippen LogP contribution in [0.3, 0.4) is 0 Å². The Bertz CT molecular complexity index is 502. The topological polar surface area (TPSA) is 76.5 Å². The van der Waals surface area contributed by atoms with E-state index in [1.807, 2.05) is 11.5 Å². The highest BCUT2D eigenvalue weighted by atomic mass is 16.2. The average molecular weight is 247 g/mol. The molecular weight excluding hydrogens is 230 g/mol. The third kappa shape index (κ3) is 1.77. The number of carbonyl (C=O) groups is 1. The molecule has 2 heterocycles. The molecule has 1 saturated carbocycles. The number of rotatable bonds is 4. The maximum atomic E-state index is 11.9. The molecule has 2 amide bonds. The number of hydrogen-bond acceptors (Lipinski definition) is 3. The van der Waals surface area contributed by atoms with Crippen molar-refractivity contribution in [1.82, 2.24) is 14.5 Å². The number of nitrogens with zero attached hydrogens (tertiary/aromatic N) is 4. The lowest BCUT2D eigenvalue weighted by Gasteiger charge is -2.24. The van der Waals surface area contributed by atoms with Crippen molar-refractivity contribution in [1.29, 1.82) is 0 Å². The molecule has 6 nitrogen and oxygen atoms in total. The number of imidazole rings is 1. The molecule has 96 valence electrons. The fourth-order valence-corrected chi connectivity index (χ4v) is 2.40. The zero-order chi connectivity index (χ0) is 12.7. The van der Waals surface area contributed by atoms with E-state index in [2.05, 4.69) is 9.98 Å². The monoisotopic (exact) mass is 247 g/mol. The molecule has 1 aromatic rings. The molecule has 0 spiro atoms. The van der Waals surface area contributed by atoms with Crippen LogP contribution < -0.4 is 5.73 Å². The first-order chi connectivity index (χ1) is 8.70. The minimum Gasteiger partial charge on any atom is -0.385 e. The van der Waals surface area contributed by atoms with Crippen molar-refractivity contribution in [3.05, 3.63) is 18.2 Å². The van der Waals surface area contributed by atoms with Gasteiger partial charge in [-0.2, -0.15) is 4.99 Å². The van der Waals surface area contributed by atoms with Gasteiger partial charge in [0.05, 0.1) is 18.2 Å². The SMILES string of the molecule is CCn1cncc1C1C(N)=NC(=O)N1CC1CC1. The second-order valence-electron chi connectivity index (χ2n) is 4.92. The molecule has 0 saturated heterocycles. The molecule has 0 bridgehead atoms. The van der Waals surface area contributed by atoms with Crippen LogP contribution in [0.15, 0.2) is 17.5 Å². The number of aliphatic imine (C=N–C) groups is 1. The molecular formula is C12H17N5O. The molecule has 2 aliphatic rings. The van der Waals surface area contributed by atoms with Crippen molar-refractivity contribution in [3.8, 4) is 0 Å². The number of amidine groups is 1. The third-order valence-electron chi connectivity index (χ3n) is 3.58. The Morgan fingerprint density at radius 2 is 2.28 bits per heavy atom.